The zero-order valence-electron chi connectivity index (χ0n) is 24.8. The Hall–Kier alpha value is -2.28. The Labute approximate surface area is 238 Å². The summed E-state index contributed by atoms with van der Waals surface area (Å²) in [7, 11) is 3.47. The molecule has 0 aliphatic carbocycles. The molecule has 40 heavy (non-hydrogen) atoms. The van der Waals surface area contributed by atoms with Gasteiger partial charge in [0.1, 0.15) is 12.1 Å². The molecule has 4 N–H and O–H groups in total. The molecule has 0 aromatic heterocycles. The largest absolute Gasteiger partial charge is 0.342 e. The van der Waals surface area contributed by atoms with Crippen LogP contribution in [-0.2, 0) is 19.2 Å². The zero-order chi connectivity index (χ0) is 28.8. The summed E-state index contributed by atoms with van der Waals surface area (Å²) in [6.07, 6.45) is 5.87. The summed E-state index contributed by atoms with van der Waals surface area (Å²) in [6.45, 7) is 9.19. The molecule has 0 spiro atoms. The minimum absolute atomic E-state index is 0.0171. The molecular formula is C28H50N8O4. The number of fused-ring (bicyclic) bond motifs is 2. The summed E-state index contributed by atoms with van der Waals surface area (Å²) >= 11 is 0. The quantitative estimate of drug-likeness (QED) is 0.269. The third-order valence-corrected chi connectivity index (χ3v) is 9.37. The lowest BCUT2D eigenvalue weighted by molar-refractivity contribution is -0.139. The van der Waals surface area contributed by atoms with E-state index in [0.29, 0.717) is 13.1 Å². The standard InChI is InChI=1S/C28H50N8O4/c1-19(29-3)25(37)31-23-17-33(13-9-21-7-5-11-35(21)27(23)39)15-16-34-14-10-22-8-6-12-36(22)28(40)24(18-34)32-26(38)20(2)30-4/h19-24,29-30H,5-18H2,1-4H3,(H,31,37)(H,32,38). The molecule has 6 atom stereocenters. The molecule has 226 valence electrons. The van der Waals surface area contributed by atoms with E-state index in [4.69, 9.17) is 0 Å². The van der Waals surface area contributed by atoms with E-state index >= 15 is 0 Å². The second-order valence-electron chi connectivity index (χ2n) is 12.0. The van der Waals surface area contributed by atoms with Crippen LogP contribution in [0.15, 0.2) is 0 Å². The molecule has 12 nitrogen and oxygen atoms in total. The Balaban J connectivity index is 1.44. The molecule has 4 fully saturated rings. The average molecular weight is 563 g/mol. The summed E-state index contributed by atoms with van der Waals surface area (Å²) in [5.74, 6) is -0.309. The van der Waals surface area contributed by atoms with E-state index in [2.05, 4.69) is 31.1 Å². The lowest BCUT2D eigenvalue weighted by atomic mass is 10.1. The van der Waals surface area contributed by atoms with Crippen molar-refractivity contribution in [3.63, 3.8) is 0 Å². The highest BCUT2D eigenvalue weighted by molar-refractivity contribution is 5.91. The number of carbonyl (C=O) groups excluding carboxylic acids is 4. The van der Waals surface area contributed by atoms with Crippen molar-refractivity contribution in [3.05, 3.63) is 0 Å². The van der Waals surface area contributed by atoms with Gasteiger partial charge in [0.2, 0.25) is 23.6 Å². The van der Waals surface area contributed by atoms with Crippen molar-refractivity contribution in [1.82, 2.24) is 40.9 Å². The van der Waals surface area contributed by atoms with Crippen LogP contribution in [0.25, 0.3) is 0 Å². The third kappa shape index (κ3) is 7.32. The predicted octanol–water partition coefficient (Wildman–Crippen LogP) is -1.43. The van der Waals surface area contributed by atoms with E-state index in [0.717, 1.165) is 77.8 Å². The van der Waals surface area contributed by atoms with E-state index < -0.39 is 12.1 Å². The van der Waals surface area contributed by atoms with Crippen molar-refractivity contribution in [3.8, 4) is 0 Å². The molecule has 4 heterocycles. The topological polar surface area (TPSA) is 129 Å². The van der Waals surface area contributed by atoms with Crippen LogP contribution < -0.4 is 21.3 Å². The van der Waals surface area contributed by atoms with Crippen LogP contribution >= 0.6 is 0 Å². The second kappa shape index (κ2) is 14.1. The van der Waals surface area contributed by atoms with Crippen LogP contribution in [-0.4, -0.2) is 146 Å². The van der Waals surface area contributed by atoms with Crippen molar-refractivity contribution in [2.75, 3.05) is 66.5 Å². The number of rotatable bonds is 9. The van der Waals surface area contributed by atoms with Crippen LogP contribution in [0.4, 0.5) is 0 Å². The van der Waals surface area contributed by atoms with Crippen molar-refractivity contribution < 1.29 is 19.2 Å². The zero-order valence-corrected chi connectivity index (χ0v) is 24.8. The lowest BCUT2D eigenvalue weighted by Crippen LogP contribution is -2.60. The second-order valence-corrected chi connectivity index (χ2v) is 12.0. The Morgan fingerprint density at radius 1 is 0.700 bits per heavy atom. The van der Waals surface area contributed by atoms with Crippen LogP contribution in [0.2, 0.25) is 0 Å². The van der Waals surface area contributed by atoms with Crippen molar-refractivity contribution >= 4 is 23.6 Å². The SMILES string of the molecule is CNC(C)C(=O)NC1CN(CCN2CCC3CCCN3C(=O)C(NC(=O)C(C)NC)C2)CCC2CCCN2C1=O. The summed E-state index contributed by atoms with van der Waals surface area (Å²) in [5.41, 5.74) is 0. The molecule has 12 heteroatoms. The van der Waals surface area contributed by atoms with Gasteiger partial charge in [0.15, 0.2) is 0 Å². The number of likely N-dealkylation sites (N-methyl/N-ethyl adjacent to an activating group) is 2. The number of nitrogens with zero attached hydrogens (tertiary/aromatic N) is 4. The van der Waals surface area contributed by atoms with Gasteiger partial charge in [0.25, 0.3) is 0 Å². The number of carbonyl (C=O) groups is 4. The fourth-order valence-corrected chi connectivity index (χ4v) is 6.53. The molecule has 0 aromatic rings. The van der Waals surface area contributed by atoms with Gasteiger partial charge < -0.3 is 31.1 Å². The molecule has 4 amide bonds. The van der Waals surface area contributed by atoms with Crippen LogP contribution in [0, 0.1) is 0 Å². The van der Waals surface area contributed by atoms with E-state index in [1.807, 2.05) is 9.80 Å². The third-order valence-electron chi connectivity index (χ3n) is 9.37. The van der Waals surface area contributed by atoms with Gasteiger partial charge in [-0.05, 0) is 66.5 Å². The molecular weight excluding hydrogens is 512 g/mol. The van der Waals surface area contributed by atoms with Gasteiger partial charge in [0, 0.05) is 64.4 Å². The molecule has 0 bridgehead atoms. The molecule has 4 aliphatic rings. The van der Waals surface area contributed by atoms with Crippen LogP contribution in [0.3, 0.4) is 0 Å². The first-order chi connectivity index (χ1) is 19.2. The first-order valence-electron chi connectivity index (χ1n) is 15.2. The van der Waals surface area contributed by atoms with E-state index in [9.17, 15) is 19.2 Å². The molecule has 0 aromatic carbocycles. The number of hydrogen-bond donors (Lipinski definition) is 4. The molecule has 0 saturated carbocycles. The van der Waals surface area contributed by atoms with Crippen molar-refractivity contribution in [1.29, 1.82) is 0 Å². The fraction of sp³-hybridized carbons (Fsp3) is 0.857. The van der Waals surface area contributed by atoms with Crippen molar-refractivity contribution in [2.45, 2.75) is 88.6 Å². The van der Waals surface area contributed by atoms with Crippen LogP contribution in [0.5, 0.6) is 0 Å². The van der Waals surface area contributed by atoms with Gasteiger partial charge in [-0.25, -0.2) is 0 Å². The monoisotopic (exact) mass is 562 g/mol. The molecule has 4 aliphatic heterocycles. The summed E-state index contributed by atoms with van der Waals surface area (Å²) in [5, 5.41) is 11.9. The first-order valence-corrected chi connectivity index (χ1v) is 15.2. The van der Waals surface area contributed by atoms with E-state index in [1.165, 1.54) is 0 Å². The van der Waals surface area contributed by atoms with Gasteiger partial charge in [-0.3, -0.25) is 29.0 Å². The van der Waals surface area contributed by atoms with Gasteiger partial charge in [-0.2, -0.15) is 0 Å². The highest BCUT2D eigenvalue weighted by atomic mass is 16.2. The maximum absolute atomic E-state index is 13.5. The Kier molecular flexibility index (Phi) is 10.8. The Bertz CT molecular complexity index is 847. The van der Waals surface area contributed by atoms with E-state index in [-0.39, 0.29) is 47.8 Å². The lowest BCUT2D eigenvalue weighted by Gasteiger charge is -2.39. The Morgan fingerprint density at radius 3 is 1.48 bits per heavy atom. The van der Waals surface area contributed by atoms with Gasteiger partial charge in [-0.1, -0.05) is 0 Å². The fourth-order valence-electron chi connectivity index (χ4n) is 6.53. The molecule has 6 unspecified atom stereocenters. The van der Waals surface area contributed by atoms with Crippen LogP contribution in [0.1, 0.15) is 52.4 Å². The molecule has 0 radical (unpaired) electrons. The summed E-state index contributed by atoms with van der Waals surface area (Å²) in [4.78, 5) is 61.0. The number of nitrogens with one attached hydrogen (secondary N) is 4. The molecule has 4 rings (SSSR count). The number of hydrogen-bond acceptors (Lipinski definition) is 8. The minimum Gasteiger partial charge on any atom is -0.342 e. The number of amides is 4. The smallest absolute Gasteiger partial charge is 0.246 e. The highest BCUT2D eigenvalue weighted by Crippen LogP contribution is 2.25. The summed E-state index contributed by atoms with van der Waals surface area (Å²) < 4.78 is 0. The van der Waals surface area contributed by atoms with Gasteiger partial charge in [0.05, 0.1) is 12.1 Å². The Morgan fingerprint density at radius 2 is 1.10 bits per heavy atom. The predicted molar refractivity (Wildman–Crippen MR) is 152 cm³/mol. The van der Waals surface area contributed by atoms with Gasteiger partial charge in [-0.15, -0.1) is 0 Å². The first kappa shape index (κ1) is 30.7. The van der Waals surface area contributed by atoms with E-state index in [1.54, 1.807) is 27.9 Å². The maximum atomic E-state index is 13.5. The average Bonchev–Trinajstić information content (AvgIpc) is 3.62. The summed E-state index contributed by atoms with van der Waals surface area (Å²) in [6, 6.07) is -1.49. The molecule has 4 saturated heterocycles. The normalized spacial score (nSPS) is 30.0. The minimum atomic E-state index is -0.583. The maximum Gasteiger partial charge on any atom is 0.246 e. The van der Waals surface area contributed by atoms with Crippen molar-refractivity contribution in [2.24, 2.45) is 0 Å². The highest BCUT2D eigenvalue weighted by Gasteiger charge is 2.39. The van der Waals surface area contributed by atoms with Gasteiger partial charge >= 0.3 is 0 Å².